The number of carbonyl (C=O) groups excluding carboxylic acids is 1. The first-order chi connectivity index (χ1) is 15.5. The lowest BCUT2D eigenvalue weighted by molar-refractivity contribution is -0.113. The lowest BCUT2D eigenvalue weighted by Gasteiger charge is -2.07. The van der Waals surface area contributed by atoms with E-state index in [4.69, 9.17) is 0 Å². The number of hydrogen-bond acceptors (Lipinski definition) is 6. The minimum atomic E-state index is -0.283. The summed E-state index contributed by atoms with van der Waals surface area (Å²) in [6.07, 6.45) is 3.43. The normalized spacial score (nSPS) is 11.0. The van der Waals surface area contributed by atoms with Gasteiger partial charge in [-0.05, 0) is 38.1 Å². The van der Waals surface area contributed by atoms with Crippen LogP contribution in [0.3, 0.4) is 0 Å². The van der Waals surface area contributed by atoms with Gasteiger partial charge in [-0.1, -0.05) is 30.0 Å². The molecule has 4 aromatic rings. The zero-order chi connectivity index (χ0) is 22.7. The number of amides is 1. The number of carbonyl (C=O) groups is 1. The molecule has 0 spiro atoms. The predicted octanol–water partition coefficient (Wildman–Crippen LogP) is 2.89. The van der Waals surface area contributed by atoms with Crippen LogP contribution in [0, 0.1) is 6.92 Å². The molecule has 3 heterocycles. The Hall–Kier alpha value is -3.66. The molecule has 0 saturated heterocycles. The summed E-state index contributed by atoms with van der Waals surface area (Å²) in [5, 5.41) is 11.9. The van der Waals surface area contributed by atoms with E-state index in [1.54, 1.807) is 31.0 Å². The SMILES string of the molecule is CCn1c(SCC(=O)Nc2c(C)n(C)n(-c3ccccc3)c2=O)nnc1-c1cccnc1. The number of nitrogens with one attached hydrogen (secondary N) is 1. The molecule has 0 aliphatic heterocycles. The molecule has 0 aliphatic rings. The summed E-state index contributed by atoms with van der Waals surface area (Å²) in [4.78, 5) is 29.8. The van der Waals surface area contributed by atoms with Gasteiger partial charge in [-0.3, -0.25) is 19.3 Å². The highest BCUT2D eigenvalue weighted by molar-refractivity contribution is 7.99. The Morgan fingerprint density at radius 3 is 2.59 bits per heavy atom. The molecule has 0 fully saturated rings. The Morgan fingerprint density at radius 2 is 1.91 bits per heavy atom. The minimum Gasteiger partial charge on any atom is -0.319 e. The maximum Gasteiger partial charge on any atom is 0.295 e. The number of hydrogen-bond donors (Lipinski definition) is 1. The first-order valence-corrected chi connectivity index (χ1v) is 11.1. The fraction of sp³-hybridized carbons (Fsp3) is 0.227. The number of nitrogens with zero attached hydrogens (tertiary/aromatic N) is 6. The van der Waals surface area contributed by atoms with Gasteiger partial charge in [0.15, 0.2) is 11.0 Å². The molecule has 164 valence electrons. The van der Waals surface area contributed by atoms with Crippen molar-refractivity contribution in [3.05, 3.63) is 70.9 Å². The number of rotatable bonds is 7. The summed E-state index contributed by atoms with van der Waals surface area (Å²) >= 11 is 1.27. The molecule has 0 unspecified atom stereocenters. The van der Waals surface area contributed by atoms with E-state index in [1.165, 1.54) is 16.4 Å². The lowest BCUT2D eigenvalue weighted by atomic mass is 10.3. The first-order valence-electron chi connectivity index (χ1n) is 10.1. The van der Waals surface area contributed by atoms with E-state index in [0.717, 1.165) is 11.3 Å². The third kappa shape index (κ3) is 4.09. The molecular formula is C22H23N7O2S. The summed E-state index contributed by atoms with van der Waals surface area (Å²) in [5.41, 5.74) is 2.27. The van der Waals surface area contributed by atoms with Crippen molar-refractivity contribution in [2.75, 3.05) is 11.1 Å². The second kappa shape index (κ2) is 9.23. The van der Waals surface area contributed by atoms with E-state index < -0.39 is 0 Å². The maximum absolute atomic E-state index is 13.0. The third-order valence-electron chi connectivity index (χ3n) is 5.10. The fourth-order valence-corrected chi connectivity index (χ4v) is 4.21. The molecule has 0 saturated carbocycles. The van der Waals surface area contributed by atoms with Gasteiger partial charge in [0.2, 0.25) is 5.91 Å². The van der Waals surface area contributed by atoms with Gasteiger partial charge in [0, 0.05) is 31.5 Å². The van der Waals surface area contributed by atoms with Crippen molar-refractivity contribution in [2.24, 2.45) is 7.05 Å². The van der Waals surface area contributed by atoms with Crippen LogP contribution in [0.15, 0.2) is 64.8 Å². The van der Waals surface area contributed by atoms with E-state index in [1.807, 2.05) is 54.0 Å². The molecule has 1 N–H and O–H groups in total. The number of aromatic nitrogens is 6. The van der Waals surface area contributed by atoms with Crippen molar-refractivity contribution in [1.29, 1.82) is 0 Å². The van der Waals surface area contributed by atoms with Crippen LogP contribution in [0.1, 0.15) is 12.6 Å². The number of para-hydroxylation sites is 1. The summed E-state index contributed by atoms with van der Waals surface area (Å²) in [6.45, 7) is 4.45. The summed E-state index contributed by atoms with van der Waals surface area (Å²) in [5.74, 6) is 0.521. The summed E-state index contributed by atoms with van der Waals surface area (Å²) < 4.78 is 5.20. The Bertz CT molecular complexity index is 1290. The van der Waals surface area contributed by atoms with Gasteiger partial charge in [0.05, 0.1) is 17.1 Å². The molecule has 1 aromatic carbocycles. The minimum absolute atomic E-state index is 0.101. The molecule has 1 amide bonds. The fourth-order valence-electron chi connectivity index (χ4n) is 3.41. The molecule has 4 rings (SSSR count). The van der Waals surface area contributed by atoms with Crippen LogP contribution < -0.4 is 10.9 Å². The molecule has 0 aliphatic carbocycles. The van der Waals surface area contributed by atoms with Crippen molar-refractivity contribution >= 4 is 23.4 Å². The highest BCUT2D eigenvalue weighted by Gasteiger charge is 2.19. The molecular weight excluding hydrogens is 426 g/mol. The molecule has 32 heavy (non-hydrogen) atoms. The topological polar surface area (TPSA) is 99.6 Å². The van der Waals surface area contributed by atoms with Crippen LogP contribution in [0.5, 0.6) is 0 Å². The van der Waals surface area contributed by atoms with E-state index in [0.29, 0.717) is 23.2 Å². The number of benzene rings is 1. The van der Waals surface area contributed by atoms with Crippen LogP contribution >= 0.6 is 11.8 Å². The quantitative estimate of drug-likeness (QED) is 0.436. The van der Waals surface area contributed by atoms with Crippen LogP contribution in [0.4, 0.5) is 5.69 Å². The highest BCUT2D eigenvalue weighted by Crippen LogP contribution is 2.23. The Labute approximate surface area is 189 Å². The smallest absolute Gasteiger partial charge is 0.295 e. The van der Waals surface area contributed by atoms with Gasteiger partial charge < -0.3 is 9.88 Å². The zero-order valence-electron chi connectivity index (χ0n) is 18.0. The van der Waals surface area contributed by atoms with Gasteiger partial charge in [0.25, 0.3) is 5.56 Å². The van der Waals surface area contributed by atoms with Gasteiger partial charge in [-0.25, -0.2) is 4.68 Å². The molecule has 0 radical (unpaired) electrons. The zero-order valence-corrected chi connectivity index (χ0v) is 18.8. The monoisotopic (exact) mass is 449 g/mol. The third-order valence-corrected chi connectivity index (χ3v) is 6.07. The van der Waals surface area contributed by atoms with Crippen molar-refractivity contribution in [1.82, 2.24) is 29.1 Å². The Morgan fingerprint density at radius 1 is 1.12 bits per heavy atom. The van der Waals surface area contributed by atoms with Gasteiger partial charge in [-0.15, -0.1) is 10.2 Å². The van der Waals surface area contributed by atoms with Crippen molar-refractivity contribution in [2.45, 2.75) is 25.5 Å². The second-order valence-electron chi connectivity index (χ2n) is 7.07. The van der Waals surface area contributed by atoms with Crippen molar-refractivity contribution < 1.29 is 4.79 Å². The standard InChI is InChI=1S/C22H23N7O2S/c1-4-28-20(16-9-8-12-23-13-16)25-26-22(28)32-14-18(30)24-19-15(2)27(3)29(21(19)31)17-10-6-5-7-11-17/h5-13H,4,14H2,1-3H3,(H,24,30). The van der Waals surface area contributed by atoms with Crippen molar-refractivity contribution in [3.63, 3.8) is 0 Å². The molecule has 3 aromatic heterocycles. The first kappa shape index (κ1) is 21.6. The van der Waals surface area contributed by atoms with Crippen LogP contribution in [-0.4, -0.2) is 40.8 Å². The van der Waals surface area contributed by atoms with Crippen LogP contribution in [-0.2, 0) is 18.4 Å². The van der Waals surface area contributed by atoms with Gasteiger partial charge in [0.1, 0.15) is 5.69 Å². The van der Waals surface area contributed by atoms with E-state index in [2.05, 4.69) is 20.5 Å². The average molecular weight is 450 g/mol. The van der Waals surface area contributed by atoms with Crippen LogP contribution in [0.25, 0.3) is 17.1 Å². The highest BCUT2D eigenvalue weighted by atomic mass is 32.2. The predicted molar refractivity (Wildman–Crippen MR) is 124 cm³/mol. The number of thioether (sulfide) groups is 1. The Balaban J connectivity index is 1.50. The van der Waals surface area contributed by atoms with E-state index in [9.17, 15) is 9.59 Å². The summed E-state index contributed by atoms with van der Waals surface area (Å²) in [7, 11) is 1.79. The largest absolute Gasteiger partial charge is 0.319 e. The average Bonchev–Trinajstić information content (AvgIpc) is 3.33. The molecule has 0 bridgehead atoms. The molecule has 0 atom stereocenters. The van der Waals surface area contributed by atoms with Crippen LogP contribution in [0.2, 0.25) is 0 Å². The number of pyridine rings is 1. The molecule has 9 nitrogen and oxygen atoms in total. The van der Waals surface area contributed by atoms with Crippen molar-refractivity contribution in [3.8, 4) is 17.1 Å². The maximum atomic E-state index is 13.0. The van der Waals surface area contributed by atoms with E-state index >= 15 is 0 Å². The Kier molecular flexibility index (Phi) is 6.22. The second-order valence-corrected chi connectivity index (χ2v) is 8.01. The van der Waals surface area contributed by atoms with Gasteiger partial charge in [-0.2, -0.15) is 0 Å². The van der Waals surface area contributed by atoms with E-state index in [-0.39, 0.29) is 22.9 Å². The van der Waals surface area contributed by atoms with Gasteiger partial charge >= 0.3 is 0 Å². The molecule has 10 heteroatoms. The number of anilines is 1. The lowest BCUT2D eigenvalue weighted by Crippen LogP contribution is -2.23. The summed E-state index contributed by atoms with van der Waals surface area (Å²) in [6, 6.07) is 13.1.